The maximum absolute atomic E-state index is 14.3. The van der Waals surface area contributed by atoms with Crippen molar-refractivity contribution in [3.63, 3.8) is 0 Å². The van der Waals surface area contributed by atoms with E-state index in [1.54, 1.807) is 36.4 Å². The Balaban J connectivity index is 2.28. The smallest absolute Gasteiger partial charge is 0.371 e. The first kappa shape index (κ1) is 16.4. The lowest BCUT2D eigenvalue weighted by Gasteiger charge is -2.11. The average molecular weight is 314 g/mol. The maximum Gasteiger partial charge on any atom is 0.371 e. The van der Waals surface area contributed by atoms with E-state index in [0.29, 0.717) is 17.2 Å². The highest BCUT2D eigenvalue weighted by Crippen LogP contribution is 2.26. The average Bonchev–Trinajstić information content (AvgIpc) is 2.54. The van der Waals surface area contributed by atoms with Gasteiger partial charge >= 0.3 is 5.97 Å². The fourth-order valence-corrected chi connectivity index (χ4v) is 2.14. The lowest BCUT2D eigenvalue weighted by Crippen LogP contribution is -2.10. The molecule has 0 fully saturated rings. The number of aliphatic carboxylic acids is 1. The molecule has 0 amide bonds. The van der Waals surface area contributed by atoms with Gasteiger partial charge in [0, 0.05) is 17.6 Å². The molecule has 0 aromatic heterocycles. The second kappa shape index (κ2) is 6.87. The molecule has 0 aliphatic carbocycles. The number of halogens is 1. The molecule has 2 aromatic carbocycles. The number of carbonyl (C=O) groups excluding carboxylic acids is 1. The van der Waals surface area contributed by atoms with Crippen LogP contribution in [0.4, 0.5) is 4.39 Å². The van der Waals surface area contributed by atoms with Crippen LogP contribution < -0.4 is 0 Å². The summed E-state index contributed by atoms with van der Waals surface area (Å²) in [6.45, 7) is 1.52. The second-order valence-electron chi connectivity index (χ2n) is 5.06. The summed E-state index contributed by atoms with van der Waals surface area (Å²) in [6, 6.07) is 13.4. The third kappa shape index (κ3) is 3.83. The Morgan fingerprint density at radius 1 is 1.09 bits per heavy atom. The molecule has 0 aliphatic heterocycles. The Morgan fingerprint density at radius 3 is 2.30 bits per heavy atom. The number of rotatable bonds is 5. The highest BCUT2D eigenvalue weighted by molar-refractivity contribution is 6.00. The van der Waals surface area contributed by atoms with Crippen molar-refractivity contribution in [2.45, 2.75) is 12.8 Å². The zero-order chi connectivity index (χ0) is 17.0. The van der Waals surface area contributed by atoms with Crippen LogP contribution in [0.5, 0.6) is 0 Å². The molecule has 5 heteroatoms. The Labute approximate surface area is 132 Å². The summed E-state index contributed by atoms with van der Waals surface area (Å²) in [4.78, 5) is 22.4. The van der Waals surface area contributed by atoms with Gasteiger partial charge in [-0.3, -0.25) is 4.79 Å². The number of hydrogen-bond donors (Lipinski definition) is 2. The first-order chi connectivity index (χ1) is 10.9. The van der Waals surface area contributed by atoms with Crippen molar-refractivity contribution in [1.82, 2.24) is 0 Å². The van der Waals surface area contributed by atoms with Crippen molar-refractivity contribution in [2.24, 2.45) is 0 Å². The number of benzene rings is 2. The van der Waals surface area contributed by atoms with Gasteiger partial charge in [0.25, 0.3) is 0 Å². The van der Waals surface area contributed by atoms with E-state index in [9.17, 15) is 14.0 Å². The third-order valence-corrected chi connectivity index (χ3v) is 3.50. The van der Waals surface area contributed by atoms with E-state index in [0.717, 1.165) is 5.56 Å². The molecule has 0 heterocycles. The largest absolute Gasteiger partial charge is 0.502 e. The molecule has 0 saturated carbocycles. The zero-order valence-corrected chi connectivity index (χ0v) is 12.4. The van der Waals surface area contributed by atoms with E-state index in [2.05, 4.69) is 0 Å². The fourth-order valence-electron chi connectivity index (χ4n) is 2.14. The molecule has 2 rings (SSSR count). The SMILES string of the molecule is CC(C(=O)C=C(O)C(=O)O)c1ccc(-c2ccccc2)c(F)c1. The van der Waals surface area contributed by atoms with E-state index in [1.807, 2.05) is 6.07 Å². The number of ketones is 1. The molecule has 2 N–H and O–H groups in total. The molecular weight excluding hydrogens is 299 g/mol. The normalized spacial score (nSPS) is 12.7. The minimum atomic E-state index is -1.59. The molecule has 0 aliphatic rings. The summed E-state index contributed by atoms with van der Waals surface area (Å²) in [5.74, 6) is -4.48. The Kier molecular flexibility index (Phi) is 4.91. The van der Waals surface area contributed by atoms with E-state index < -0.39 is 29.2 Å². The predicted octanol–water partition coefficient (Wildman–Crippen LogP) is 3.69. The number of aliphatic hydroxyl groups excluding tert-OH is 1. The zero-order valence-electron chi connectivity index (χ0n) is 12.4. The van der Waals surface area contributed by atoms with Gasteiger partial charge in [0.2, 0.25) is 5.76 Å². The number of allylic oxidation sites excluding steroid dienone is 1. The van der Waals surface area contributed by atoms with Gasteiger partial charge in [0.15, 0.2) is 5.78 Å². The summed E-state index contributed by atoms with van der Waals surface area (Å²) in [5.41, 5.74) is 1.54. The second-order valence-corrected chi connectivity index (χ2v) is 5.06. The lowest BCUT2D eigenvalue weighted by molar-refractivity contribution is -0.136. The van der Waals surface area contributed by atoms with Crippen LogP contribution in [-0.4, -0.2) is 22.0 Å². The molecule has 4 nitrogen and oxygen atoms in total. The van der Waals surface area contributed by atoms with Crippen LogP contribution >= 0.6 is 0 Å². The first-order valence-electron chi connectivity index (χ1n) is 6.93. The lowest BCUT2D eigenvalue weighted by atomic mass is 9.93. The summed E-state index contributed by atoms with van der Waals surface area (Å²) in [7, 11) is 0. The molecule has 2 aromatic rings. The van der Waals surface area contributed by atoms with Gasteiger partial charge in [0.05, 0.1) is 0 Å². The molecule has 23 heavy (non-hydrogen) atoms. The highest BCUT2D eigenvalue weighted by Gasteiger charge is 2.18. The Bertz CT molecular complexity index is 766. The number of carboxylic acids is 1. The van der Waals surface area contributed by atoms with E-state index in [1.165, 1.54) is 13.0 Å². The molecule has 1 atom stereocenters. The van der Waals surface area contributed by atoms with E-state index in [-0.39, 0.29) is 0 Å². The fraction of sp³-hybridized carbons (Fsp3) is 0.111. The van der Waals surface area contributed by atoms with Crippen LogP contribution in [0.1, 0.15) is 18.4 Å². The molecule has 0 saturated heterocycles. The van der Waals surface area contributed by atoms with Crippen molar-refractivity contribution in [3.05, 3.63) is 71.7 Å². The summed E-state index contributed by atoms with van der Waals surface area (Å²) >= 11 is 0. The van der Waals surface area contributed by atoms with Gasteiger partial charge in [-0.25, -0.2) is 9.18 Å². The molecule has 0 spiro atoms. The summed E-state index contributed by atoms with van der Waals surface area (Å²) in [5, 5.41) is 17.7. The first-order valence-corrected chi connectivity index (χ1v) is 6.93. The van der Waals surface area contributed by atoms with Crippen molar-refractivity contribution in [1.29, 1.82) is 0 Å². The van der Waals surface area contributed by atoms with Crippen molar-refractivity contribution < 1.29 is 24.2 Å². The third-order valence-electron chi connectivity index (χ3n) is 3.50. The van der Waals surface area contributed by atoms with Gasteiger partial charge in [-0.15, -0.1) is 0 Å². The minimum Gasteiger partial charge on any atom is -0.502 e. The van der Waals surface area contributed by atoms with Crippen LogP contribution in [0.3, 0.4) is 0 Å². The number of carbonyl (C=O) groups is 2. The summed E-state index contributed by atoms with van der Waals surface area (Å²) < 4.78 is 14.3. The highest BCUT2D eigenvalue weighted by atomic mass is 19.1. The Hall–Kier alpha value is -2.95. The van der Waals surface area contributed by atoms with E-state index >= 15 is 0 Å². The van der Waals surface area contributed by atoms with Crippen LogP contribution in [0.2, 0.25) is 0 Å². The molecule has 1 unspecified atom stereocenters. The molecular formula is C18H15FO4. The maximum atomic E-state index is 14.3. The van der Waals surface area contributed by atoms with Gasteiger partial charge in [-0.05, 0) is 17.2 Å². The summed E-state index contributed by atoms with van der Waals surface area (Å²) in [6.07, 6.45) is 0.635. The monoisotopic (exact) mass is 314 g/mol. The standard InChI is InChI=1S/C18H15FO4/c1-11(16(20)10-17(21)18(22)23)13-7-8-14(15(19)9-13)12-5-3-2-4-6-12/h2-11,21H,1H3,(H,22,23). The van der Waals surface area contributed by atoms with Gasteiger partial charge in [-0.1, -0.05) is 49.4 Å². The quantitative estimate of drug-likeness (QED) is 0.652. The van der Waals surface area contributed by atoms with Crippen molar-refractivity contribution in [3.8, 4) is 11.1 Å². The van der Waals surface area contributed by atoms with Gasteiger partial charge in [0.1, 0.15) is 5.82 Å². The van der Waals surface area contributed by atoms with Gasteiger partial charge in [-0.2, -0.15) is 0 Å². The predicted molar refractivity (Wildman–Crippen MR) is 83.6 cm³/mol. The van der Waals surface area contributed by atoms with Crippen LogP contribution in [0, 0.1) is 5.82 Å². The number of hydrogen-bond acceptors (Lipinski definition) is 3. The van der Waals surface area contributed by atoms with E-state index in [4.69, 9.17) is 10.2 Å². The van der Waals surface area contributed by atoms with Crippen LogP contribution in [0.15, 0.2) is 60.4 Å². The molecule has 118 valence electrons. The van der Waals surface area contributed by atoms with Crippen LogP contribution in [-0.2, 0) is 9.59 Å². The van der Waals surface area contributed by atoms with Crippen molar-refractivity contribution >= 4 is 11.8 Å². The molecule has 0 radical (unpaired) electrons. The Morgan fingerprint density at radius 2 is 1.74 bits per heavy atom. The van der Waals surface area contributed by atoms with Crippen molar-refractivity contribution in [2.75, 3.05) is 0 Å². The molecule has 0 bridgehead atoms. The van der Waals surface area contributed by atoms with Crippen LogP contribution in [0.25, 0.3) is 11.1 Å². The number of carboxylic acid groups (broad SMARTS) is 1. The minimum absolute atomic E-state index is 0.404. The van der Waals surface area contributed by atoms with Gasteiger partial charge < -0.3 is 10.2 Å². The topological polar surface area (TPSA) is 74.6 Å². The number of aliphatic hydroxyl groups is 1.